The molecule has 0 aromatic carbocycles. The van der Waals surface area contributed by atoms with Gasteiger partial charge < -0.3 is 14.5 Å². The van der Waals surface area contributed by atoms with Crippen molar-refractivity contribution in [2.45, 2.75) is 52.3 Å². The Morgan fingerprint density at radius 3 is 2.00 bits per heavy atom. The van der Waals surface area contributed by atoms with Crippen molar-refractivity contribution in [2.75, 3.05) is 20.1 Å². The number of amides is 1. The number of carbonyl (C=O) groups excluding carboxylic acids is 1. The summed E-state index contributed by atoms with van der Waals surface area (Å²) in [4.78, 5) is 16.1. The second-order valence-electron chi connectivity index (χ2n) is 5.81. The molecule has 4 nitrogen and oxygen atoms in total. The van der Waals surface area contributed by atoms with E-state index in [1.165, 1.54) is 0 Å². The molecule has 4 heteroatoms. The van der Waals surface area contributed by atoms with Crippen LogP contribution in [0.15, 0.2) is 0 Å². The molecule has 1 fully saturated rings. The Labute approximate surface area is 98.5 Å². The van der Waals surface area contributed by atoms with Gasteiger partial charge in [-0.15, -0.1) is 0 Å². The molecule has 1 heterocycles. The Balaban J connectivity index is 2.67. The third kappa shape index (κ3) is 3.37. The molecule has 1 amide bonds. The van der Waals surface area contributed by atoms with Crippen LogP contribution in [0.4, 0.5) is 4.79 Å². The Morgan fingerprint density at radius 1 is 1.19 bits per heavy atom. The molecular weight excluding hydrogens is 204 g/mol. The van der Waals surface area contributed by atoms with Crippen LogP contribution in [0.3, 0.4) is 0 Å². The molecule has 0 unspecified atom stereocenters. The van der Waals surface area contributed by atoms with Crippen LogP contribution in [0.1, 0.15) is 34.6 Å². The normalized spacial score (nSPS) is 28.0. The van der Waals surface area contributed by atoms with Crippen LogP contribution in [-0.2, 0) is 4.74 Å². The number of ether oxygens (including phenoxy) is 1. The van der Waals surface area contributed by atoms with E-state index in [4.69, 9.17) is 4.74 Å². The Hall–Kier alpha value is -0.770. The molecule has 1 rings (SSSR count). The molecule has 1 aliphatic heterocycles. The van der Waals surface area contributed by atoms with Gasteiger partial charge in [-0.3, -0.25) is 0 Å². The van der Waals surface area contributed by atoms with Gasteiger partial charge in [0.25, 0.3) is 0 Å². The van der Waals surface area contributed by atoms with Crippen molar-refractivity contribution >= 4 is 6.09 Å². The first-order valence-corrected chi connectivity index (χ1v) is 5.90. The SMILES string of the molecule is C[C@@H]1CN(C)C[C@H](C)N1C(=O)OC(C)(C)C. The summed E-state index contributed by atoms with van der Waals surface area (Å²) in [7, 11) is 2.08. The Morgan fingerprint density at radius 2 is 1.62 bits per heavy atom. The van der Waals surface area contributed by atoms with Gasteiger partial charge in [-0.25, -0.2) is 4.79 Å². The van der Waals surface area contributed by atoms with Gasteiger partial charge in [0.05, 0.1) is 0 Å². The second-order valence-corrected chi connectivity index (χ2v) is 5.81. The number of hydrogen-bond acceptors (Lipinski definition) is 3. The predicted octanol–water partition coefficient (Wildman–Crippen LogP) is 1.95. The van der Waals surface area contributed by atoms with Crippen LogP contribution in [0, 0.1) is 0 Å². The van der Waals surface area contributed by atoms with Gasteiger partial charge in [-0.1, -0.05) is 0 Å². The minimum Gasteiger partial charge on any atom is -0.444 e. The summed E-state index contributed by atoms with van der Waals surface area (Å²) in [6.45, 7) is 11.6. The molecule has 0 N–H and O–H groups in total. The molecule has 1 aliphatic rings. The zero-order valence-corrected chi connectivity index (χ0v) is 11.3. The standard InChI is InChI=1S/C12H24N2O2/c1-9-7-13(6)8-10(2)14(9)11(15)16-12(3,4)5/h9-10H,7-8H2,1-6H3/t9-,10+. The lowest BCUT2D eigenvalue weighted by Crippen LogP contribution is -2.58. The zero-order chi connectivity index (χ0) is 12.5. The lowest BCUT2D eigenvalue weighted by molar-refractivity contribution is -0.0111. The lowest BCUT2D eigenvalue weighted by Gasteiger charge is -2.43. The first-order valence-electron chi connectivity index (χ1n) is 5.90. The highest BCUT2D eigenvalue weighted by Gasteiger charge is 2.34. The van der Waals surface area contributed by atoms with Gasteiger partial charge in [-0.2, -0.15) is 0 Å². The van der Waals surface area contributed by atoms with Crippen molar-refractivity contribution in [3.8, 4) is 0 Å². The number of likely N-dealkylation sites (N-methyl/N-ethyl adjacent to an activating group) is 1. The highest BCUT2D eigenvalue weighted by atomic mass is 16.6. The quantitative estimate of drug-likeness (QED) is 0.635. The van der Waals surface area contributed by atoms with Gasteiger partial charge in [0.1, 0.15) is 5.60 Å². The highest BCUT2D eigenvalue weighted by Crippen LogP contribution is 2.18. The lowest BCUT2D eigenvalue weighted by atomic mass is 10.1. The molecule has 94 valence electrons. The van der Waals surface area contributed by atoms with E-state index in [0.717, 1.165) is 13.1 Å². The predicted molar refractivity (Wildman–Crippen MR) is 64.5 cm³/mol. The van der Waals surface area contributed by atoms with Crippen molar-refractivity contribution in [3.63, 3.8) is 0 Å². The summed E-state index contributed by atoms with van der Waals surface area (Å²) in [6.07, 6.45) is -0.194. The molecular formula is C12H24N2O2. The number of piperazine rings is 1. The van der Waals surface area contributed by atoms with Crippen molar-refractivity contribution in [2.24, 2.45) is 0 Å². The summed E-state index contributed by atoms with van der Waals surface area (Å²) in [5.41, 5.74) is -0.417. The molecule has 0 aliphatic carbocycles. The van der Waals surface area contributed by atoms with E-state index in [1.807, 2.05) is 25.7 Å². The molecule has 0 aromatic rings. The number of carbonyl (C=O) groups is 1. The minimum absolute atomic E-state index is 0.194. The first kappa shape index (κ1) is 13.3. The second kappa shape index (κ2) is 4.62. The molecule has 1 saturated heterocycles. The van der Waals surface area contributed by atoms with Crippen LogP contribution in [0.5, 0.6) is 0 Å². The smallest absolute Gasteiger partial charge is 0.410 e. The summed E-state index contributed by atoms with van der Waals surface area (Å²) < 4.78 is 5.42. The van der Waals surface area contributed by atoms with Crippen LogP contribution in [0.25, 0.3) is 0 Å². The van der Waals surface area contributed by atoms with Crippen LogP contribution < -0.4 is 0 Å². The van der Waals surface area contributed by atoms with Gasteiger partial charge in [0.2, 0.25) is 0 Å². The van der Waals surface area contributed by atoms with Crippen LogP contribution in [-0.4, -0.2) is 53.7 Å². The molecule has 0 saturated carbocycles. The maximum Gasteiger partial charge on any atom is 0.410 e. The number of hydrogen-bond donors (Lipinski definition) is 0. The van der Waals surface area contributed by atoms with Crippen molar-refractivity contribution < 1.29 is 9.53 Å². The Bertz CT molecular complexity index is 248. The maximum absolute atomic E-state index is 12.0. The van der Waals surface area contributed by atoms with E-state index in [0.29, 0.717) is 0 Å². The number of nitrogens with zero attached hydrogens (tertiary/aromatic N) is 2. The molecule has 0 radical (unpaired) electrons. The van der Waals surface area contributed by atoms with Gasteiger partial charge >= 0.3 is 6.09 Å². The van der Waals surface area contributed by atoms with E-state index >= 15 is 0 Å². The van der Waals surface area contributed by atoms with E-state index < -0.39 is 5.60 Å². The van der Waals surface area contributed by atoms with Crippen LogP contribution in [0.2, 0.25) is 0 Å². The molecule has 16 heavy (non-hydrogen) atoms. The topological polar surface area (TPSA) is 32.8 Å². The molecule has 0 aromatic heterocycles. The van der Waals surface area contributed by atoms with E-state index in [-0.39, 0.29) is 18.2 Å². The fourth-order valence-corrected chi connectivity index (χ4v) is 2.26. The molecule has 2 atom stereocenters. The van der Waals surface area contributed by atoms with E-state index in [9.17, 15) is 4.79 Å². The van der Waals surface area contributed by atoms with Gasteiger partial charge in [-0.05, 0) is 41.7 Å². The third-order valence-corrected chi connectivity index (χ3v) is 2.71. The van der Waals surface area contributed by atoms with Crippen LogP contribution >= 0.6 is 0 Å². The fraction of sp³-hybridized carbons (Fsp3) is 0.917. The van der Waals surface area contributed by atoms with Gasteiger partial charge in [0, 0.05) is 25.2 Å². The third-order valence-electron chi connectivity index (χ3n) is 2.71. The highest BCUT2D eigenvalue weighted by molar-refractivity contribution is 5.69. The monoisotopic (exact) mass is 228 g/mol. The average Bonchev–Trinajstić information content (AvgIpc) is 1.96. The fourth-order valence-electron chi connectivity index (χ4n) is 2.26. The summed E-state index contributed by atoms with van der Waals surface area (Å²) in [5.74, 6) is 0. The maximum atomic E-state index is 12.0. The van der Waals surface area contributed by atoms with E-state index in [1.54, 1.807) is 0 Å². The number of rotatable bonds is 0. The summed E-state index contributed by atoms with van der Waals surface area (Å²) >= 11 is 0. The van der Waals surface area contributed by atoms with Gasteiger partial charge in [0.15, 0.2) is 0 Å². The first-order chi connectivity index (χ1) is 7.20. The summed E-state index contributed by atoms with van der Waals surface area (Å²) in [5, 5.41) is 0. The van der Waals surface area contributed by atoms with Crippen molar-refractivity contribution in [1.29, 1.82) is 0 Å². The minimum atomic E-state index is -0.417. The molecule has 0 spiro atoms. The summed E-state index contributed by atoms with van der Waals surface area (Å²) in [6, 6.07) is 0.423. The average molecular weight is 228 g/mol. The largest absolute Gasteiger partial charge is 0.444 e. The zero-order valence-electron chi connectivity index (χ0n) is 11.3. The Kier molecular flexibility index (Phi) is 3.84. The molecule has 0 bridgehead atoms. The van der Waals surface area contributed by atoms with E-state index in [2.05, 4.69) is 25.8 Å². The van der Waals surface area contributed by atoms with Crippen molar-refractivity contribution in [1.82, 2.24) is 9.80 Å². The van der Waals surface area contributed by atoms with Crippen molar-refractivity contribution in [3.05, 3.63) is 0 Å².